The van der Waals surface area contributed by atoms with Crippen LogP contribution >= 0.6 is 24.8 Å². The van der Waals surface area contributed by atoms with Crippen LogP contribution in [-0.4, -0.2) is 30.8 Å². The number of rotatable bonds is 3. The number of alkyl halides is 2. The molecule has 2 atom stereocenters. The molecule has 2 unspecified atom stereocenters. The van der Waals surface area contributed by atoms with Crippen molar-refractivity contribution in [1.29, 1.82) is 0 Å². The van der Waals surface area contributed by atoms with Crippen molar-refractivity contribution in [2.24, 2.45) is 0 Å². The van der Waals surface area contributed by atoms with Gasteiger partial charge >= 0.3 is 6.61 Å². The summed E-state index contributed by atoms with van der Waals surface area (Å²) >= 11 is 0. The summed E-state index contributed by atoms with van der Waals surface area (Å²) in [6.07, 6.45) is 4.53. The molecule has 1 aromatic carbocycles. The molecule has 8 heteroatoms. The predicted octanol–water partition coefficient (Wildman–Crippen LogP) is 4.77. The summed E-state index contributed by atoms with van der Waals surface area (Å²) in [5, 5.41) is 3.69. The minimum atomic E-state index is -3.02. The van der Waals surface area contributed by atoms with E-state index in [1.165, 1.54) is 18.6 Å². The van der Waals surface area contributed by atoms with E-state index < -0.39 is 18.2 Å². The van der Waals surface area contributed by atoms with Crippen molar-refractivity contribution in [3.63, 3.8) is 0 Å². The fraction of sp³-hybridized carbons (Fsp3) is 0.647. The zero-order valence-electron chi connectivity index (χ0n) is 14.3. The molecular formula is C17H25Cl2F3N2O. The van der Waals surface area contributed by atoms with E-state index in [1.807, 2.05) is 0 Å². The van der Waals surface area contributed by atoms with Crippen molar-refractivity contribution in [3.05, 3.63) is 24.0 Å². The summed E-state index contributed by atoms with van der Waals surface area (Å²) in [7, 11) is 0. The van der Waals surface area contributed by atoms with Crippen LogP contribution in [0.3, 0.4) is 0 Å². The number of hydrogen-bond acceptors (Lipinski definition) is 3. The maximum absolute atomic E-state index is 14.1. The van der Waals surface area contributed by atoms with E-state index >= 15 is 0 Å². The third-order valence-corrected chi connectivity index (χ3v) is 4.73. The second-order valence-corrected chi connectivity index (χ2v) is 7.11. The van der Waals surface area contributed by atoms with Crippen LogP contribution in [-0.2, 0) is 0 Å². The molecule has 3 rings (SSSR count). The van der Waals surface area contributed by atoms with Crippen molar-refractivity contribution in [3.8, 4) is 5.75 Å². The predicted molar refractivity (Wildman–Crippen MR) is 98.1 cm³/mol. The summed E-state index contributed by atoms with van der Waals surface area (Å²) in [5.74, 6) is -1.15. The largest absolute Gasteiger partial charge is 0.432 e. The van der Waals surface area contributed by atoms with Crippen molar-refractivity contribution in [1.82, 2.24) is 5.32 Å². The second-order valence-electron chi connectivity index (χ2n) is 7.11. The SMILES string of the molecule is CC1(C)CN(c2ccc(OC(F)F)c(F)c2)C2CCCCC2N1.Cl.Cl. The van der Waals surface area contributed by atoms with E-state index in [-0.39, 0.29) is 30.4 Å². The molecule has 0 aromatic heterocycles. The number of fused-ring (bicyclic) bond motifs is 1. The molecule has 1 saturated heterocycles. The smallest absolute Gasteiger partial charge is 0.387 e. The van der Waals surface area contributed by atoms with Gasteiger partial charge in [-0.2, -0.15) is 8.78 Å². The first kappa shape index (κ1) is 22.2. The second kappa shape index (κ2) is 8.69. The Kier molecular flexibility index (Phi) is 7.71. The van der Waals surface area contributed by atoms with Gasteiger partial charge in [-0.1, -0.05) is 12.8 Å². The Balaban J connectivity index is 0.00000156. The summed E-state index contributed by atoms with van der Waals surface area (Å²) in [6, 6.07) is 4.98. The van der Waals surface area contributed by atoms with Gasteiger partial charge in [0.25, 0.3) is 0 Å². The number of halogens is 5. The fourth-order valence-corrected chi connectivity index (χ4v) is 3.89. The number of piperazine rings is 1. The molecule has 1 saturated carbocycles. The van der Waals surface area contributed by atoms with E-state index in [0.29, 0.717) is 12.1 Å². The highest BCUT2D eigenvalue weighted by Crippen LogP contribution is 2.35. The number of nitrogens with zero attached hydrogens (tertiary/aromatic N) is 1. The number of hydrogen-bond donors (Lipinski definition) is 1. The third-order valence-electron chi connectivity index (χ3n) is 4.73. The number of anilines is 1. The normalized spacial score (nSPS) is 24.8. The monoisotopic (exact) mass is 400 g/mol. The van der Waals surface area contributed by atoms with Crippen molar-refractivity contribution in [2.45, 2.75) is 63.8 Å². The van der Waals surface area contributed by atoms with Gasteiger partial charge in [0.15, 0.2) is 11.6 Å². The fourth-order valence-electron chi connectivity index (χ4n) is 3.89. The minimum Gasteiger partial charge on any atom is -0.432 e. The van der Waals surface area contributed by atoms with Crippen LogP contribution in [0.4, 0.5) is 18.9 Å². The maximum atomic E-state index is 14.1. The standard InChI is InChI=1S/C17H23F3N2O.2ClH/c1-17(2)10-22(14-6-4-3-5-13(14)21-17)11-7-8-15(12(18)9-11)23-16(19)20;;/h7-9,13-14,16,21H,3-6,10H2,1-2H3;2*1H. The van der Waals surface area contributed by atoms with Crippen LogP contribution in [0.5, 0.6) is 5.75 Å². The third kappa shape index (κ3) is 5.08. The lowest BCUT2D eigenvalue weighted by Gasteiger charge is -2.52. The lowest BCUT2D eigenvalue weighted by molar-refractivity contribution is -0.0521. The molecule has 3 nitrogen and oxygen atoms in total. The average Bonchev–Trinajstić information content (AvgIpc) is 2.47. The Morgan fingerprint density at radius 2 is 1.88 bits per heavy atom. The van der Waals surface area contributed by atoms with Gasteiger partial charge in [-0.3, -0.25) is 0 Å². The first-order chi connectivity index (χ1) is 10.9. The van der Waals surface area contributed by atoms with Gasteiger partial charge in [0.2, 0.25) is 0 Å². The van der Waals surface area contributed by atoms with Crippen LogP contribution in [0.15, 0.2) is 18.2 Å². The lowest BCUT2D eigenvalue weighted by atomic mass is 9.83. The Bertz CT molecular complexity index is 575. The van der Waals surface area contributed by atoms with E-state index in [9.17, 15) is 13.2 Å². The van der Waals surface area contributed by atoms with Gasteiger partial charge in [-0.15, -0.1) is 24.8 Å². The lowest BCUT2D eigenvalue weighted by Crippen LogP contribution is -2.67. The van der Waals surface area contributed by atoms with Crippen molar-refractivity contribution in [2.75, 3.05) is 11.4 Å². The molecule has 1 aliphatic carbocycles. The van der Waals surface area contributed by atoms with Crippen molar-refractivity contribution >= 4 is 30.5 Å². The van der Waals surface area contributed by atoms with Crippen molar-refractivity contribution < 1.29 is 17.9 Å². The molecule has 2 fully saturated rings. The molecule has 0 bridgehead atoms. The van der Waals surface area contributed by atoms with Crippen LogP contribution in [0, 0.1) is 5.82 Å². The van der Waals surface area contributed by atoms with E-state index in [4.69, 9.17) is 0 Å². The molecule has 0 spiro atoms. The molecule has 1 aromatic rings. The Labute approximate surface area is 159 Å². The molecule has 0 amide bonds. The van der Waals surface area contributed by atoms with Gasteiger partial charge in [0.1, 0.15) is 0 Å². The van der Waals surface area contributed by atoms with Gasteiger partial charge in [-0.25, -0.2) is 4.39 Å². The summed E-state index contributed by atoms with van der Waals surface area (Å²) in [5.41, 5.74) is 0.656. The van der Waals surface area contributed by atoms with Crippen LogP contribution in [0.1, 0.15) is 39.5 Å². The Morgan fingerprint density at radius 1 is 1.20 bits per heavy atom. The molecule has 1 heterocycles. The highest BCUT2D eigenvalue weighted by Gasteiger charge is 2.40. The van der Waals surface area contributed by atoms with Crippen LogP contribution in [0.2, 0.25) is 0 Å². The van der Waals surface area contributed by atoms with E-state index in [2.05, 4.69) is 28.8 Å². The summed E-state index contributed by atoms with van der Waals surface area (Å²) < 4.78 is 42.8. The molecule has 1 N–H and O–H groups in total. The van der Waals surface area contributed by atoms with E-state index in [0.717, 1.165) is 31.5 Å². The van der Waals surface area contributed by atoms with E-state index in [1.54, 1.807) is 6.07 Å². The zero-order chi connectivity index (χ0) is 16.6. The zero-order valence-corrected chi connectivity index (χ0v) is 15.9. The quantitative estimate of drug-likeness (QED) is 0.790. The average molecular weight is 401 g/mol. The molecular weight excluding hydrogens is 376 g/mol. The molecule has 144 valence electrons. The maximum Gasteiger partial charge on any atom is 0.387 e. The number of ether oxygens (including phenoxy) is 1. The van der Waals surface area contributed by atoms with Gasteiger partial charge in [0.05, 0.1) is 0 Å². The topological polar surface area (TPSA) is 24.5 Å². The summed E-state index contributed by atoms with van der Waals surface area (Å²) in [4.78, 5) is 2.22. The first-order valence-electron chi connectivity index (χ1n) is 8.14. The Hall–Kier alpha value is -0.850. The number of benzene rings is 1. The van der Waals surface area contributed by atoms with Gasteiger partial charge in [0, 0.05) is 35.9 Å². The highest BCUT2D eigenvalue weighted by molar-refractivity contribution is 5.85. The minimum absolute atomic E-state index is 0. The molecule has 25 heavy (non-hydrogen) atoms. The number of nitrogens with one attached hydrogen (secondary N) is 1. The molecule has 0 radical (unpaired) electrons. The van der Waals surface area contributed by atoms with Gasteiger partial charge in [-0.05, 0) is 38.8 Å². The highest BCUT2D eigenvalue weighted by atomic mass is 35.5. The Morgan fingerprint density at radius 3 is 2.52 bits per heavy atom. The van der Waals surface area contributed by atoms with Crippen LogP contribution in [0.25, 0.3) is 0 Å². The van der Waals surface area contributed by atoms with Crippen LogP contribution < -0.4 is 15.0 Å². The molecule has 2 aliphatic rings. The molecule has 1 aliphatic heterocycles. The first-order valence-corrected chi connectivity index (χ1v) is 8.14. The summed E-state index contributed by atoms with van der Waals surface area (Å²) in [6.45, 7) is 2.00. The van der Waals surface area contributed by atoms with Gasteiger partial charge < -0.3 is 15.0 Å².